The van der Waals surface area contributed by atoms with Crippen molar-refractivity contribution in [1.82, 2.24) is 15.0 Å². The Balaban J connectivity index is 1.39. The van der Waals surface area contributed by atoms with Crippen LogP contribution >= 0.6 is 11.8 Å². The molecule has 32 heavy (non-hydrogen) atoms. The Morgan fingerprint density at radius 2 is 1.78 bits per heavy atom. The van der Waals surface area contributed by atoms with E-state index in [9.17, 15) is 4.79 Å². The molecule has 7 nitrogen and oxygen atoms in total. The molecule has 0 saturated heterocycles. The number of imidazole rings is 1. The van der Waals surface area contributed by atoms with E-state index < -0.39 is 5.25 Å². The molecule has 0 bridgehead atoms. The fourth-order valence-electron chi connectivity index (χ4n) is 3.46. The maximum atomic E-state index is 13.0. The van der Waals surface area contributed by atoms with Crippen LogP contribution in [0, 0.1) is 6.92 Å². The van der Waals surface area contributed by atoms with E-state index in [1.807, 2.05) is 62.4 Å². The summed E-state index contributed by atoms with van der Waals surface area (Å²) < 4.78 is 11.1. The molecular weight excluding hydrogens is 424 g/mol. The second kappa shape index (κ2) is 8.39. The van der Waals surface area contributed by atoms with E-state index in [2.05, 4.69) is 20.3 Å². The number of para-hydroxylation sites is 1. The van der Waals surface area contributed by atoms with Gasteiger partial charge in [0, 0.05) is 11.1 Å². The van der Waals surface area contributed by atoms with Crippen LogP contribution in [0.3, 0.4) is 0 Å². The molecule has 1 aromatic carbocycles. The van der Waals surface area contributed by atoms with Crippen molar-refractivity contribution in [3.63, 3.8) is 0 Å². The van der Waals surface area contributed by atoms with Crippen LogP contribution in [-0.4, -0.2) is 26.1 Å². The number of hydrogen-bond acceptors (Lipinski definition) is 6. The van der Waals surface area contributed by atoms with Crippen LogP contribution in [0.15, 0.2) is 81.1 Å². The molecule has 5 rings (SSSR count). The number of H-pyrrole nitrogens is 1. The number of fused-ring (bicyclic) bond motifs is 1. The molecule has 0 saturated carbocycles. The van der Waals surface area contributed by atoms with Crippen molar-refractivity contribution >= 4 is 34.3 Å². The lowest BCUT2D eigenvalue weighted by molar-refractivity contribution is -0.115. The van der Waals surface area contributed by atoms with Crippen molar-refractivity contribution in [2.45, 2.75) is 24.3 Å². The lowest BCUT2D eigenvalue weighted by Crippen LogP contribution is -2.22. The van der Waals surface area contributed by atoms with E-state index in [1.54, 1.807) is 18.6 Å². The first-order chi connectivity index (χ1) is 15.6. The van der Waals surface area contributed by atoms with E-state index in [4.69, 9.17) is 8.83 Å². The van der Waals surface area contributed by atoms with E-state index in [0.29, 0.717) is 28.1 Å². The molecule has 1 atom stereocenters. The fraction of sp³-hybridized carbons (Fsp3) is 0.125. The first-order valence-corrected chi connectivity index (χ1v) is 11.0. The maximum Gasteiger partial charge on any atom is 0.237 e. The predicted octanol–water partition coefficient (Wildman–Crippen LogP) is 5.91. The predicted molar refractivity (Wildman–Crippen MR) is 124 cm³/mol. The maximum absolute atomic E-state index is 13.0. The third kappa shape index (κ3) is 3.92. The minimum atomic E-state index is -0.401. The Morgan fingerprint density at radius 3 is 2.53 bits per heavy atom. The Labute approximate surface area is 188 Å². The number of furan rings is 2. The summed E-state index contributed by atoms with van der Waals surface area (Å²) in [5, 5.41) is 4.15. The summed E-state index contributed by atoms with van der Waals surface area (Å²) in [7, 11) is 0. The van der Waals surface area contributed by atoms with Gasteiger partial charge in [0.2, 0.25) is 5.91 Å². The summed E-state index contributed by atoms with van der Waals surface area (Å²) in [4.78, 5) is 25.5. The summed E-state index contributed by atoms with van der Waals surface area (Å²) in [5.74, 6) is 1.14. The third-order valence-corrected chi connectivity index (χ3v) is 5.95. The summed E-state index contributed by atoms with van der Waals surface area (Å²) in [6.07, 6.45) is 3.20. The number of nitrogens with zero attached hydrogens (tertiary/aromatic N) is 2. The van der Waals surface area contributed by atoms with Crippen molar-refractivity contribution in [1.29, 1.82) is 0 Å². The zero-order chi connectivity index (χ0) is 22.1. The van der Waals surface area contributed by atoms with Gasteiger partial charge in [0.15, 0.2) is 16.7 Å². The second-order valence-corrected chi connectivity index (χ2v) is 8.63. The van der Waals surface area contributed by atoms with Crippen molar-refractivity contribution in [2.75, 3.05) is 5.32 Å². The number of aromatic amines is 1. The lowest BCUT2D eigenvalue weighted by atomic mass is 10.1. The minimum Gasteiger partial charge on any atom is -0.463 e. The highest BCUT2D eigenvalue weighted by Crippen LogP contribution is 2.34. The Morgan fingerprint density at radius 1 is 1.03 bits per heavy atom. The third-order valence-electron chi connectivity index (χ3n) is 4.96. The highest BCUT2D eigenvalue weighted by Gasteiger charge is 2.22. The van der Waals surface area contributed by atoms with E-state index in [-0.39, 0.29) is 5.91 Å². The van der Waals surface area contributed by atoms with Gasteiger partial charge in [0.1, 0.15) is 11.4 Å². The van der Waals surface area contributed by atoms with E-state index in [0.717, 1.165) is 22.3 Å². The van der Waals surface area contributed by atoms with Gasteiger partial charge in [-0.25, -0.2) is 4.98 Å². The highest BCUT2D eigenvalue weighted by atomic mass is 32.2. The average molecular weight is 445 g/mol. The average Bonchev–Trinajstić information content (AvgIpc) is 3.54. The largest absolute Gasteiger partial charge is 0.463 e. The van der Waals surface area contributed by atoms with Crippen LogP contribution < -0.4 is 5.32 Å². The van der Waals surface area contributed by atoms with Gasteiger partial charge in [-0.05, 0) is 50.2 Å². The molecular formula is C24H20N4O3S. The highest BCUT2D eigenvalue weighted by molar-refractivity contribution is 8.00. The fourth-order valence-corrected chi connectivity index (χ4v) is 4.27. The molecule has 160 valence electrons. The van der Waals surface area contributed by atoms with Crippen LogP contribution in [0.4, 0.5) is 5.69 Å². The summed E-state index contributed by atoms with van der Waals surface area (Å²) in [6, 6.07) is 16.9. The second-order valence-electron chi connectivity index (χ2n) is 7.30. The molecule has 8 heteroatoms. The quantitative estimate of drug-likeness (QED) is 0.316. The molecule has 0 radical (unpaired) electrons. The van der Waals surface area contributed by atoms with Gasteiger partial charge in [-0.15, -0.1) is 0 Å². The number of thioether (sulfide) groups is 1. The molecule has 0 spiro atoms. The number of pyridine rings is 1. The number of aromatic nitrogens is 3. The van der Waals surface area contributed by atoms with Crippen molar-refractivity contribution < 1.29 is 13.6 Å². The standard InChI is InChI=1S/C24H20N4O3S/c1-14-13-18(16-7-3-4-8-17(16)25-14)26-23(29)15(2)32-24-27-21(19-9-5-11-30-19)22(28-24)20-10-6-12-31-20/h3-13,15H,1-2H3,(H,27,28)(H,25,26,29). The SMILES string of the molecule is Cc1cc(NC(=O)C(C)Sc2nc(-c3ccco3)c(-c3ccco3)[nH]2)c2ccccc2n1. The van der Waals surface area contributed by atoms with Gasteiger partial charge in [0.05, 0.1) is 29.0 Å². The van der Waals surface area contributed by atoms with E-state index >= 15 is 0 Å². The molecule has 4 heterocycles. The zero-order valence-corrected chi connectivity index (χ0v) is 18.3. The number of hydrogen-bond donors (Lipinski definition) is 2. The molecule has 1 amide bonds. The normalized spacial score (nSPS) is 12.2. The number of amides is 1. The van der Waals surface area contributed by atoms with Gasteiger partial charge >= 0.3 is 0 Å². The molecule has 1 unspecified atom stereocenters. The van der Waals surface area contributed by atoms with Crippen LogP contribution in [-0.2, 0) is 4.79 Å². The Hall–Kier alpha value is -3.78. The molecule has 0 aliphatic rings. The molecule has 4 aromatic heterocycles. The van der Waals surface area contributed by atoms with Gasteiger partial charge in [-0.3, -0.25) is 9.78 Å². The van der Waals surface area contributed by atoms with Crippen molar-refractivity contribution in [3.05, 3.63) is 72.8 Å². The van der Waals surface area contributed by atoms with Crippen LogP contribution in [0.25, 0.3) is 33.8 Å². The van der Waals surface area contributed by atoms with Crippen LogP contribution in [0.2, 0.25) is 0 Å². The Bertz CT molecular complexity index is 1320. The topological polar surface area (TPSA) is 97.0 Å². The van der Waals surface area contributed by atoms with Gasteiger partial charge in [0.25, 0.3) is 0 Å². The number of aryl methyl sites for hydroxylation is 1. The smallest absolute Gasteiger partial charge is 0.237 e. The first kappa shape index (κ1) is 20.1. The van der Waals surface area contributed by atoms with Gasteiger partial charge < -0.3 is 19.1 Å². The monoisotopic (exact) mass is 444 g/mol. The zero-order valence-electron chi connectivity index (χ0n) is 17.5. The minimum absolute atomic E-state index is 0.124. The van der Waals surface area contributed by atoms with Gasteiger partial charge in [-0.1, -0.05) is 30.0 Å². The van der Waals surface area contributed by atoms with Gasteiger partial charge in [-0.2, -0.15) is 0 Å². The molecule has 2 N–H and O–H groups in total. The number of carbonyl (C=O) groups is 1. The van der Waals surface area contributed by atoms with Crippen LogP contribution in [0.5, 0.6) is 0 Å². The number of carbonyl (C=O) groups excluding carboxylic acids is 1. The molecule has 0 aliphatic heterocycles. The van der Waals surface area contributed by atoms with E-state index in [1.165, 1.54) is 11.8 Å². The molecule has 0 fully saturated rings. The molecule has 0 aliphatic carbocycles. The number of benzene rings is 1. The lowest BCUT2D eigenvalue weighted by Gasteiger charge is -2.13. The first-order valence-electron chi connectivity index (χ1n) is 10.1. The van der Waals surface area contributed by atoms with Crippen molar-refractivity contribution in [3.8, 4) is 22.9 Å². The molecule has 5 aromatic rings. The van der Waals surface area contributed by atoms with Crippen molar-refractivity contribution in [2.24, 2.45) is 0 Å². The summed E-state index contributed by atoms with van der Waals surface area (Å²) >= 11 is 1.33. The van der Waals surface area contributed by atoms with Crippen LogP contribution in [0.1, 0.15) is 12.6 Å². The number of rotatable bonds is 6. The Kier molecular flexibility index (Phi) is 5.28. The number of anilines is 1. The summed E-state index contributed by atoms with van der Waals surface area (Å²) in [6.45, 7) is 3.76. The number of nitrogens with one attached hydrogen (secondary N) is 2. The summed E-state index contributed by atoms with van der Waals surface area (Å²) in [5.41, 5.74) is 3.78.